The molecule has 1 saturated carbocycles. The highest BCUT2D eigenvalue weighted by atomic mass is 16.1. The molecular weight excluding hydrogens is 210 g/mol. The summed E-state index contributed by atoms with van der Waals surface area (Å²) >= 11 is 0. The lowest BCUT2D eigenvalue weighted by atomic mass is 9.57. The Hall–Kier alpha value is -1.36. The SMILES string of the molecule is C=C(C)[C@@H]1CC2=CC(=O)CC[C@]2(C)[C@H](C#N)C1. The molecule has 0 radical (unpaired) electrons. The quantitative estimate of drug-likeness (QED) is 0.646. The fourth-order valence-electron chi connectivity index (χ4n) is 3.13. The number of nitriles is 1. The summed E-state index contributed by atoms with van der Waals surface area (Å²) in [6.45, 7) is 8.17. The molecule has 2 nitrogen and oxygen atoms in total. The number of fused-ring (bicyclic) bond motifs is 1. The Balaban J connectivity index is 2.38. The van der Waals surface area contributed by atoms with E-state index < -0.39 is 0 Å². The highest BCUT2D eigenvalue weighted by molar-refractivity contribution is 5.91. The molecule has 0 spiro atoms. The summed E-state index contributed by atoms with van der Waals surface area (Å²) in [5.74, 6) is 0.610. The lowest BCUT2D eigenvalue weighted by Gasteiger charge is -2.45. The minimum Gasteiger partial charge on any atom is -0.295 e. The smallest absolute Gasteiger partial charge is 0.155 e. The third kappa shape index (κ3) is 1.95. The first kappa shape index (κ1) is 12.1. The average Bonchev–Trinajstić information content (AvgIpc) is 2.28. The van der Waals surface area contributed by atoms with Gasteiger partial charge in [-0.2, -0.15) is 5.26 Å². The van der Waals surface area contributed by atoms with Gasteiger partial charge in [-0.3, -0.25) is 4.79 Å². The number of carbonyl (C=O) groups excluding carboxylic acids is 1. The van der Waals surface area contributed by atoms with Crippen LogP contribution in [0.4, 0.5) is 0 Å². The molecule has 17 heavy (non-hydrogen) atoms. The molecule has 0 aliphatic heterocycles. The third-order valence-electron chi connectivity index (χ3n) is 4.57. The first-order chi connectivity index (χ1) is 7.97. The van der Waals surface area contributed by atoms with Crippen molar-refractivity contribution in [3.63, 3.8) is 0 Å². The highest BCUT2D eigenvalue weighted by Crippen LogP contribution is 2.52. The minimum absolute atomic E-state index is 0.0253. The van der Waals surface area contributed by atoms with Crippen molar-refractivity contribution in [2.75, 3.05) is 0 Å². The van der Waals surface area contributed by atoms with Gasteiger partial charge in [-0.25, -0.2) is 0 Å². The van der Waals surface area contributed by atoms with Gasteiger partial charge in [0.1, 0.15) is 0 Å². The van der Waals surface area contributed by atoms with Gasteiger partial charge < -0.3 is 0 Å². The molecule has 2 heteroatoms. The molecule has 1 fully saturated rings. The zero-order valence-electron chi connectivity index (χ0n) is 10.6. The van der Waals surface area contributed by atoms with Crippen LogP contribution in [0.25, 0.3) is 0 Å². The minimum atomic E-state index is -0.0748. The van der Waals surface area contributed by atoms with Gasteiger partial charge in [0.25, 0.3) is 0 Å². The zero-order chi connectivity index (χ0) is 12.6. The number of nitrogens with zero attached hydrogens (tertiary/aromatic N) is 1. The van der Waals surface area contributed by atoms with Gasteiger partial charge in [-0.15, -0.1) is 0 Å². The summed E-state index contributed by atoms with van der Waals surface area (Å²) in [6, 6.07) is 2.45. The molecule has 2 aliphatic rings. The van der Waals surface area contributed by atoms with E-state index in [2.05, 4.69) is 19.6 Å². The van der Waals surface area contributed by atoms with Gasteiger partial charge in [0, 0.05) is 11.8 Å². The van der Waals surface area contributed by atoms with Crippen LogP contribution >= 0.6 is 0 Å². The molecule has 3 atom stereocenters. The molecule has 2 aliphatic carbocycles. The maximum Gasteiger partial charge on any atom is 0.155 e. The summed E-state index contributed by atoms with van der Waals surface area (Å²) in [4.78, 5) is 11.5. The molecule has 0 amide bonds. The predicted octanol–water partition coefficient (Wildman–Crippen LogP) is 3.41. The van der Waals surface area contributed by atoms with Crippen molar-refractivity contribution in [3.05, 3.63) is 23.8 Å². The topological polar surface area (TPSA) is 40.9 Å². The second kappa shape index (κ2) is 4.14. The maximum absolute atomic E-state index is 11.5. The van der Waals surface area contributed by atoms with Crippen LogP contribution in [0.5, 0.6) is 0 Å². The molecule has 0 unspecified atom stereocenters. The number of hydrogen-bond donors (Lipinski definition) is 0. The predicted molar refractivity (Wildman–Crippen MR) is 67.1 cm³/mol. The van der Waals surface area contributed by atoms with Crippen molar-refractivity contribution in [2.45, 2.75) is 39.5 Å². The molecule has 0 N–H and O–H groups in total. The number of hydrogen-bond acceptors (Lipinski definition) is 2. The molecule has 0 aromatic rings. The van der Waals surface area contributed by atoms with Gasteiger partial charge >= 0.3 is 0 Å². The maximum atomic E-state index is 11.5. The molecule has 0 saturated heterocycles. The monoisotopic (exact) mass is 229 g/mol. The third-order valence-corrected chi connectivity index (χ3v) is 4.57. The van der Waals surface area contributed by atoms with Crippen LogP contribution in [-0.4, -0.2) is 5.78 Å². The number of rotatable bonds is 1. The first-order valence-electron chi connectivity index (χ1n) is 6.26. The Morgan fingerprint density at radius 2 is 2.35 bits per heavy atom. The van der Waals surface area contributed by atoms with Crippen molar-refractivity contribution in [2.24, 2.45) is 17.3 Å². The van der Waals surface area contributed by atoms with Crippen LogP contribution in [0.2, 0.25) is 0 Å². The average molecular weight is 229 g/mol. The van der Waals surface area contributed by atoms with Crippen molar-refractivity contribution >= 4 is 5.78 Å². The Morgan fingerprint density at radius 1 is 1.65 bits per heavy atom. The van der Waals surface area contributed by atoms with E-state index in [-0.39, 0.29) is 17.1 Å². The van der Waals surface area contributed by atoms with E-state index in [0.29, 0.717) is 12.3 Å². The Bertz CT molecular complexity index is 440. The molecule has 0 bridgehead atoms. The van der Waals surface area contributed by atoms with Gasteiger partial charge in [0.05, 0.1) is 12.0 Å². The van der Waals surface area contributed by atoms with Crippen LogP contribution in [0.3, 0.4) is 0 Å². The number of allylic oxidation sites excluding steroid dienone is 3. The lowest BCUT2D eigenvalue weighted by molar-refractivity contribution is -0.116. The standard InChI is InChI=1S/C15H19NO/c1-10(2)11-6-12-8-14(17)4-5-15(12,3)13(7-11)9-16/h8,11,13H,1,4-7H2,2-3H3/t11-,13+,15+/m1/s1. The van der Waals surface area contributed by atoms with Crippen LogP contribution in [0.15, 0.2) is 23.8 Å². The molecule has 0 aromatic heterocycles. The van der Waals surface area contributed by atoms with Crippen LogP contribution in [-0.2, 0) is 4.79 Å². The second-order valence-corrected chi connectivity index (χ2v) is 5.72. The van der Waals surface area contributed by atoms with Crippen LogP contribution in [0, 0.1) is 28.6 Å². The van der Waals surface area contributed by atoms with Crippen LogP contribution < -0.4 is 0 Å². The van der Waals surface area contributed by atoms with E-state index >= 15 is 0 Å². The molecule has 0 aromatic carbocycles. The summed E-state index contributed by atoms with van der Waals surface area (Å²) < 4.78 is 0. The molecule has 90 valence electrons. The number of carbonyl (C=O) groups is 1. The molecule has 0 heterocycles. The summed E-state index contributed by atoms with van der Waals surface area (Å²) in [7, 11) is 0. The zero-order valence-corrected chi connectivity index (χ0v) is 10.6. The van der Waals surface area contributed by atoms with E-state index in [1.54, 1.807) is 6.08 Å². The van der Waals surface area contributed by atoms with Crippen molar-refractivity contribution in [1.29, 1.82) is 5.26 Å². The Labute approximate surface area is 103 Å². The normalized spacial score (nSPS) is 36.8. The van der Waals surface area contributed by atoms with E-state index in [9.17, 15) is 10.1 Å². The van der Waals surface area contributed by atoms with E-state index in [1.165, 1.54) is 5.57 Å². The Kier molecular flexibility index (Phi) is 2.95. The van der Waals surface area contributed by atoms with E-state index in [0.717, 1.165) is 24.8 Å². The Morgan fingerprint density at radius 3 is 2.94 bits per heavy atom. The fraction of sp³-hybridized carbons (Fsp3) is 0.600. The molecular formula is C15H19NO. The van der Waals surface area contributed by atoms with E-state index in [1.807, 2.05) is 6.92 Å². The summed E-state index contributed by atoms with van der Waals surface area (Å²) in [5, 5.41) is 9.37. The largest absolute Gasteiger partial charge is 0.295 e. The summed E-state index contributed by atoms with van der Waals surface area (Å²) in [5.41, 5.74) is 2.24. The fourth-order valence-corrected chi connectivity index (χ4v) is 3.13. The second-order valence-electron chi connectivity index (χ2n) is 5.72. The van der Waals surface area contributed by atoms with E-state index in [4.69, 9.17) is 0 Å². The molecule has 2 rings (SSSR count). The van der Waals surface area contributed by atoms with Gasteiger partial charge in [0.15, 0.2) is 5.78 Å². The van der Waals surface area contributed by atoms with Crippen molar-refractivity contribution < 1.29 is 4.79 Å². The van der Waals surface area contributed by atoms with Gasteiger partial charge in [-0.1, -0.05) is 24.6 Å². The summed E-state index contributed by atoms with van der Waals surface area (Å²) in [6.07, 6.45) is 5.03. The highest BCUT2D eigenvalue weighted by Gasteiger charge is 2.45. The lowest BCUT2D eigenvalue weighted by Crippen LogP contribution is -2.38. The van der Waals surface area contributed by atoms with Gasteiger partial charge in [0.2, 0.25) is 0 Å². The van der Waals surface area contributed by atoms with Gasteiger partial charge in [-0.05, 0) is 38.2 Å². The van der Waals surface area contributed by atoms with Crippen molar-refractivity contribution in [1.82, 2.24) is 0 Å². The van der Waals surface area contributed by atoms with Crippen LogP contribution in [0.1, 0.15) is 39.5 Å². The number of ketones is 1. The van der Waals surface area contributed by atoms with Crippen molar-refractivity contribution in [3.8, 4) is 6.07 Å². The first-order valence-corrected chi connectivity index (χ1v) is 6.26.